The Morgan fingerprint density at radius 3 is 2.68 bits per heavy atom. The number of nitrogens with zero attached hydrogens (tertiary/aromatic N) is 4. The lowest BCUT2D eigenvalue weighted by atomic mass is 9.87. The zero-order valence-electron chi connectivity index (χ0n) is 26.1. The maximum absolute atomic E-state index is 14.5. The Morgan fingerprint density at radius 1 is 1.06 bits per heavy atom. The third-order valence-corrected chi connectivity index (χ3v) is 10.3. The highest BCUT2D eigenvalue weighted by atomic mass is 19.1. The Labute approximate surface area is 270 Å². The summed E-state index contributed by atoms with van der Waals surface area (Å²) in [6, 6.07) is 15.9. The van der Waals surface area contributed by atoms with Gasteiger partial charge in [-0.2, -0.15) is 10.4 Å². The van der Waals surface area contributed by atoms with Crippen LogP contribution in [-0.2, 0) is 11.2 Å². The molecule has 0 aliphatic carbocycles. The molecule has 9 nitrogen and oxygen atoms in total. The Kier molecular flexibility index (Phi) is 7.29. The van der Waals surface area contributed by atoms with Gasteiger partial charge in [0.2, 0.25) is 0 Å². The van der Waals surface area contributed by atoms with Gasteiger partial charge >= 0.3 is 0 Å². The van der Waals surface area contributed by atoms with E-state index >= 15 is 0 Å². The minimum absolute atomic E-state index is 0.0176. The van der Waals surface area contributed by atoms with Crippen LogP contribution in [0.5, 0.6) is 0 Å². The van der Waals surface area contributed by atoms with Gasteiger partial charge in [-0.3, -0.25) is 14.6 Å². The number of hydrogen-bond donors (Lipinski definition) is 1. The quantitative estimate of drug-likeness (QED) is 0.208. The van der Waals surface area contributed by atoms with Crippen LogP contribution >= 0.6 is 0 Å². The second kappa shape index (κ2) is 11.7. The third-order valence-electron chi connectivity index (χ3n) is 10.3. The van der Waals surface area contributed by atoms with E-state index in [1.807, 2.05) is 42.3 Å². The molecule has 2 saturated heterocycles. The normalized spacial score (nSPS) is 18.4. The van der Waals surface area contributed by atoms with E-state index in [0.29, 0.717) is 35.8 Å². The first-order valence-corrected chi connectivity index (χ1v) is 16.4. The summed E-state index contributed by atoms with van der Waals surface area (Å²) in [5.41, 5.74) is 5.87. The van der Waals surface area contributed by atoms with E-state index in [-0.39, 0.29) is 29.1 Å². The van der Waals surface area contributed by atoms with Crippen molar-refractivity contribution in [3.05, 3.63) is 99.0 Å². The molecule has 2 fully saturated rings. The summed E-state index contributed by atoms with van der Waals surface area (Å²) in [4.78, 5) is 33.6. The number of nitrogens with one attached hydrogen (secondary N) is 1. The van der Waals surface area contributed by atoms with Crippen LogP contribution in [-0.4, -0.2) is 45.3 Å². The topological polar surface area (TPSA) is 117 Å². The van der Waals surface area contributed by atoms with Crippen molar-refractivity contribution in [3.8, 4) is 28.5 Å². The van der Waals surface area contributed by atoms with Gasteiger partial charge in [-0.1, -0.05) is 12.1 Å². The fourth-order valence-electron chi connectivity index (χ4n) is 7.77. The smallest absolute Gasteiger partial charge is 0.280 e. The van der Waals surface area contributed by atoms with Crippen molar-refractivity contribution in [1.29, 1.82) is 5.26 Å². The number of amides is 1. The zero-order valence-corrected chi connectivity index (χ0v) is 26.1. The lowest BCUT2D eigenvalue weighted by Crippen LogP contribution is -2.22. The van der Waals surface area contributed by atoms with Gasteiger partial charge in [0.1, 0.15) is 11.9 Å². The van der Waals surface area contributed by atoms with E-state index < -0.39 is 5.82 Å². The number of aromatic nitrogens is 3. The predicted molar refractivity (Wildman–Crippen MR) is 173 cm³/mol. The highest BCUT2D eigenvalue weighted by Gasteiger charge is 2.44. The second-order valence-electron chi connectivity index (χ2n) is 12.9. The number of aryl methyl sites for hydroxylation is 1. The minimum Gasteiger partial charge on any atom is -0.381 e. The van der Waals surface area contributed by atoms with E-state index in [1.54, 1.807) is 6.07 Å². The number of fused-ring (bicyclic) bond motifs is 4. The molecule has 1 amide bonds. The molecule has 3 aliphatic rings. The molecule has 10 heteroatoms. The summed E-state index contributed by atoms with van der Waals surface area (Å²) in [5.74, 6) is 0.315. The van der Waals surface area contributed by atoms with Crippen LogP contribution in [0.2, 0.25) is 0 Å². The summed E-state index contributed by atoms with van der Waals surface area (Å²) in [6.07, 6.45) is 7.41. The molecular formula is C37H34FN5O4. The van der Waals surface area contributed by atoms with Gasteiger partial charge in [0.25, 0.3) is 11.5 Å². The van der Waals surface area contributed by atoms with Gasteiger partial charge in [-0.15, -0.1) is 0 Å². The molecular weight excluding hydrogens is 597 g/mol. The Hall–Kier alpha value is -5.01. The number of benzene rings is 2. The fraction of sp³-hybridized carbons (Fsp3) is 0.351. The molecule has 2 aromatic carbocycles. The number of ether oxygens (including phenoxy) is 1. The van der Waals surface area contributed by atoms with Gasteiger partial charge < -0.3 is 18.7 Å². The van der Waals surface area contributed by atoms with Gasteiger partial charge in [-0.25, -0.2) is 4.39 Å². The summed E-state index contributed by atoms with van der Waals surface area (Å²) in [5, 5.41) is 12.6. The number of carbonyl (C=O) groups is 1. The standard InChI is InChI=1S/C37H34FN5O4/c1-21(23-5-6-26(20-39)27(38)18-23)42-14-10-24-17-25(7-9-29(24)42)33-34(31-19-32(44)41-47-31)28(8-4-22-11-15-46-16-12-22)40-36-30-3-2-13-43(30)37(45)35(33)36/h5-7,9-10,14,17-19,21-22,30H,2-4,8,11-13,15-16H2,1H3,(H,41,44)/t21-,30+/m1/s1. The first kappa shape index (κ1) is 29.4. The molecule has 1 N–H and O–H groups in total. The van der Waals surface area contributed by atoms with Crippen molar-refractivity contribution in [3.63, 3.8) is 0 Å². The molecule has 0 spiro atoms. The number of nitriles is 1. The highest BCUT2D eigenvalue weighted by molar-refractivity contribution is 6.09. The van der Waals surface area contributed by atoms with E-state index in [9.17, 15) is 14.0 Å². The average Bonchev–Trinajstić information content (AvgIpc) is 3.89. The molecule has 2 atom stereocenters. The first-order chi connectivity index (χ1) is 22.9. The van der Waals surface area contributed by atoms with Crippen molar-refractivity contribution in [2.75, 3.05) is 19.8 Å². The number of carbonyl (C=O) groups excluding carboxylic acids is 1. The summed E-state index contributed by atoms with van der Waals surface area (Å²) >= 11 is 0. The van der Waals surface area contributed by atoms with Crippen molar-refractivity contribution < 1.29 is 18.4 Å². The lowest BCUT2D eigenvalue weighted by Gasteiger charge is -2.23. The molecule has 3 aliphatic heterocycles. The summed E-state index contributed by atoms with van der Waals surface area (Å²) < 4.78 is 27.9. The monoisotopic (exact) mass is 631 g/mol. The zero-order chi connectivity index (χ0) is 32.2. The number of hydrogen-bond acceptors (Lipinski definition) is 6. The maximum atomic E-state index is 14.5. The lowest BCUT2D eigenvalue weighted by molar-refractivity contribution is 0.0639. The Morgan fingerprint density at radius 2 is 1.91 bits per heavy atom. The van der Waals surface area contributed by atoms with Crippen molar-refractivity contribution in [2.45, 2.75) is 57.5 Å². The van der Waals surface area contributed by atoms with Crippen LogP contribution in [0.3, 0.4) is 0 Å². The number of H-pyrrole nitrogens is 1. The van der Waals surface area contributed by atoms with Gasteiger partial charge in [-0.05, 0) is 92.8 Å². The number of halogens is 1. The number of rotatable bonds is 7. The van der Waals surface area contributed by atoms with Gasteiger partial charge in [0.15, 0.2) is 5.76 Å². The van der Waals surface area contributed by atoms with E-state index in [4.69, 9.17) is 19.5 Å². The highest BCUT2D eigenvalue weighted by Crippen LogP contribution is 2.48. The average molecular weight is 632 g/mol. The van der Waals surface area contributed by atoms with Crippen LogP contribution in [0.25, 0.3) is 33.4 Å². The largest absolute Gasteiger partial charge is 0.381 e. The van der Waals surface area contributed by atoms with E-state index in [2.05, 4.69) is 15.8 Å². The van der Waals surface area contributed by atoms with Crippen LogP contribution < -0.4 is 5.56 Å². The molecule has 0 saturated carbocycles. The minimum atomic E-state index is -0.538. The van der Waals surface area contributed by atoms with E-state index in [1.165, 1.54) is 18.2 Å². The molecule has 47 heavy (non-hydrogen) atoms. The Bertz CT molecular complexity index is 2130. The van der Waals surface area contributed by atoms with Gasteiger partial charge in [0, 0.05) is 42.4 Å². The van der Waals surface area contributed by atoms with E-state index in [0.717, 1.165) is 84.3 Å². The molecule has 238 valence electrons. The SMILES string of the molecule is C[C@H](c1ccc(C#N)c(F)c1)n1ccc2cc(-c3c4c(nc(CCC5CCOCC5)c3-c3cc(=O)[nH]o3)[C@@H]3CCCN3C4=O)ccc21. The maximum Gasteiger partial charge on any atom is 0.280 e. The third kappa shape index (κ3) is 4.97. The molecule has 0 radical (unpaired) electrons. The molecule has 0 unspecified atom stereocenters. The predicted octanol–water partition coefficient (Wildman–Crippen LogP) is 6.92. The fourth-order valence-corrected chi connectivity index (χ4v) is 7.77. The summed E-state index contributed by atoms with van der Waals surface area (Å²) in [6.45, 7) is 4.21. The Balaban J connectivity index is 1.28. The van der Waals surface area contributed by atoms with Crippen molar-refractivity contribution >= 4 is 16.8 Å². The van der Waals surface area contributed by atoms with Crippen LogP contribution in [0.15, 0.2) is 64.0 Å². The van der Waals surface area contributed by atoms with Crippen LogP contribution in [0.4, 0.5) is 4.39 Å². The van der Waals surface area contributed by atoms with Gasteiger partial charge in [0.05, 0.1) is 46.2 Å². The number of aromatic amines is 1. The summed E-state index contributed by atoms with van der Waals surface area (Å²) in [7, 11) is 0. The number of pyridine rings is 1. The van der Waals surface area contributed by atoms with Crippen molar-refractivity contribution in [2.24, 2.45) is 5.92 Å². The first-order valence-electron chi connectivity index (χ1n) is 16.4. The van der Waals surface area contributed by atoms with Crippen molar-refractivity contribution in [1.82, 2.24) is 19.6 Å². The second-order valence-corrected chi connectivity index (χ2v) is 12.9. The van der Waals surface area contributed by atoms with Crippen LogP contribution in [0.1, 0.15) is 84.0 Å². The molecule has 0 bridgehead atoms. The molecule has 3 aromatic heterocycles. The molecule has 6 heterocycles. The molecule has 5 aromatic rings. The van der Waals surface area contributed by atoms with Crippen LogP contribution in [0, 0.1) is 23.1 Å². The molecule has 8 rings (SSSR count).